The Morgan fingerprint density at radius 3 is 1.10 bits per heavy atom. The Kier molecular flexibility index (Phi) is 16.8. The van der Waals surface area contributed by atoms with Gasteiger partial charge in [-0.1, -0.05) is 30.3 Å². The zero-order valence-electron chi connectivity index (χ0n) is 35.0. The highest BCUT2D eigenvalue weighted by Gasteiger charge is 2.58. The quantitative estimate of drug-likeness (QED) is 0.161. The van der Waals surface area contributed by atoms with Gasteiger partial charge in [-0.3, -0.25) is 52.8 Å². The van der Waals surface area contributed by atoms with Crippen molar-refractivity contribution in [3.63, 3.8) is 0 Å². The Labute approximate surface area is 354 Å². The first-order valence-corrected chi connectivity index (χ1v) is 19.2. The summed E-state index contributed by atoms with van der Waals surface area (Å²) in [6.07, 6.45) is -18.0. The minimum atomic E-state index is -1.90. The molecule has 0 spiro atoms. The Morgan fingerprint density at radius 1 is 0.468 bits per heavy atom. The SMILES string of the molecule is CC(=O)O[C@@H]1O[C@H](C(=O)N[C@H]2CN(Cc3ccccc3)C[C@@H]2NC(=O)[C@H]2O[C@@H](OC(C)=O)[C@H](OC(C)=O)[C@@H](OC(C)=O)[C@@H]2OC(C)=O)[C@@H](OC(C)=O)[C@H](OC(C)=O)[C@H]1OC(C)=O. The van der Waals surface area contributed by atoms with E-state index in [9.17, 15) is 47.9 Å². The summed E-state index contributed by atoms with van der Waals surface area (Å²) in [6, 6.07) is 7.02. The highest BCUT2D eigenvalue weighted by Crippen LogP contribution is 2.32. The molecule has 0 saturated carbocycles. The molecule has 23 heteroatoms. The molecule has 0 bridgehead atoms. The summed E-state index contributed by atoms with van der Waals surface area (Å²) >= 11 is 0. The average molecular weight is 880 g/mol. The van der Waals surface area contributed by atoms with Gasteiger partial charge in [0.25, 0.3) is 11.8 Å². The van der Waals surface area contributed by atoms with E-state index in [0.717, 1.165) is 61.0 Å². The van der Waals surface area contributed by atoms with Crippen molar-refractivity contribution < 1.29 is 95.3 Å². The van der Waals surface area contributed by atoms with Crippen LogP contribution in [0, 0.1) is 0 Å². The van der Waals surface area contributed by atoms with Gasteiger partial charge < -0.3 is 58.0 Å². The van der Waals surface area contributed by atoms with Crippen LogP contribution in [-0.2, 0) is 102 Å². The molecular formula is C39H49N3O20. The summed E-state index contributed by atoms with van der Waals surface area (Å²) in [5.41, 5.74) is 0.843. The first-order chi connectivity index (χ1) is 29.1. The summed E-state index contributed by atoms with van der Waals surface area (Å²) in [4.78, 5) is 129. The van der Waals surface area contributed by atoms with Crippen LogP contribution in [0.25, 0.3) is 0 Å². The van der Waals surface area contributed by atoms with Crippen molar-refractivity contribution in [2.75, 3.05) is 13.1 Å². The molecule has 3 saturated heterocycles. The van der Waals surface area contributed by atoms with E-state index in [1.54, 1.807) is 12.1 Å². The van der Waals surface area contributed by atoms with E-state index < -0.39 is 133 Å². The predicted molar refractivity (Wildman–Crippen MR) is 200 cm³/mol. The maximum atomic E-state index is 14.4. The topological polar surface area (TPSA) is 290 Å². The van der Waals surface area contributed by atoms with Crippen LogP contribution in [0.3, 0.4) is 0 Å². The van der Waals surface area contributed by atoms with E-state index in [0.29, 0.717) is 6.54 Å². The van der Waals surface area contributed by atoms with Crippen molar-refractivity contribution in [2.24, 2.45) is 0 Å². The fraction of sp³-hybridized carbons (Fsp3) is 0.590. The number of carbonyl (C=O) groups is 10. The maximum Gasteiger partial charge on any atom is 0.305 e. The van der Waals surface area contributed by atoms with E-state index in [2.05, 4.69) is 10.6 Å². The van der Waals surface area contributed by atoms with E-state index in [4.69, 9.17) is 47.4 Å². The summed E-state index contributed by atoms with van der Waals surface area (Å²) in [6.45, 7) is 8.34. The minimum absolute atomic E-state index is 0.0346. The number of likely N-dealkylation sites (tertiary alicyclic amines) is 1. The Hall–Kier alpha value is -6.20. The third kappa shape index (κ3) is 13.4. The van der Waals surface area contributed by atoms with Crippen molar-refractivity contribution >= 4 is 59.6 Å². The Bertz CT molecular complexity index is 1760. The molecule has 4 rings (SSSR count). The lowest BCUT2D eigenvalue weighted by molar-refractivity contribution is -0.291. The third-order valence-electron chi connectivity index (χ3n) is 9.18. The first kappa shape index (κ1) is 48.5. The second-order valence-corrected chi connectivity index (χ2v) is 14.4. The van der Waals surface area contributed by atoms with Gasteiger partial charge in [-0.25, -0.2) is 0 Å². The zero-order chi connectivity index (χ0) is 46.0. The molecule has 0 aromatic heterocycles. The highest BCUT2D eigenvalue weighted by molar-refractivity contribution is 5.85. The van der Waals surface area contributed by atoms with Gasteiger partial charge in [0.15, 0.2) is 36.6 Å². The zero-order valence-corrected chi connectivity index (χ0v) is 35.0. The van der Waals surface area contributed by atoms with Gasteiger partial charge in [0.2, 0.25) is 24.8 Å². The Balaban J connectivity index is 1.73. The predicted octanol–water partition coefficient (Wildman–Crippen LogP) is -1.36. The standard InChI is InChI=1S/C39H49N3O20/c1-17(43)53-28-30(55-19(3)45)34(57-21(5)47)38(59-23(7)49)61-32(28)36(51)40-26-15-42(14-25-12-10-9-11-13-25)16-27(26)41-37(52)33-29(54-18(2)44)31(56-20(4)46)35(58-22(6)48)39(62-33)60-24(8)50/h9-13,26-35,38-39H,14-16H2,1-8H3,(H,40,51)(H,41,52)/t26-,27-,28-,29-,30-,31-,32-,33-,34+,35+,38+,39+/m0/s1. The molecule has 0 aliphatic carbocycles. The second kappa shape index (κ2) is 21.5. The molecule has 3 aliphatic rings. The fourth-order valence-electron chi connectivity index (χ4n) is 7.17. The molecule has 12 atom stereocenters. The molecule has 1 aromatic rings. The van der Waals surface area contributed by atoms with Crippen molar-refractivity contribution in [2.45, 2.75) is 135 Å². The third-order valence-corrected chi connectivity index (χ3v) is 9.18. The van der Waals surface area contributed by atoms with Gasteiger partial charge in [-0.15, -0.1) is 0 Å². The van der Waals surface area contributed by atoms with Gasteiger partial charge in [0.05, 0.1) is 12.1 Å². The highest BCUT2D eigenvalue weighted by atomic mass is 16.8. The minimum Gasteiger partial charge on any atom is -0.455 e. The van der Waals surface area contributed by atoms with Crippen LogP contribution in [0.2, 0.25) is 0 Å². The van der Waals surface area contributed by atoms with Crippen LogP contribution in [-0.4, -0.2) is 151 Å². The number of benzene rings is 1. The molecule has 62 heavy (non-hydrogen) atoms. The molecule has 2 amide bonds. The van der Waals surface area contributed by atoms with Gasteiger partial charge in [0.1, 0.15) is 0 Å². The van der Waals surface area contributed by atoms with Gasteiger partial charge >= 0.3 is 47.8 Å². The van der Waals surface area contributed by atoms with Crippen molar-refractivity contribution in [3.05, 3.63) is 35.9 Å². The molecule has 0 radical (unpaired) electrons. The van der Waals surface area contributed by atoms with Crippen LogP contribution in [0.1, 0.15) is 61.0 Å². The first-order valence-electron chi connectivity index (χ1n) is 19.2. The number of nitrogens with one attached hydrogen (secondary N) is 2. The molecule has 3 heterocycles. The average Bonchev–Trinajstić information content (AvgIpc) is 3.50. The lowest BCUT2D eigenvalue weighted by Crippen LogP contribution is -2.67. The molecular weight excluding hydrogens is 830 g/mol. The number of carbonyl (C=O) groups excluding carboxylic acids is 10. The van der Waals surface area contributed by atoms with Crippen molar-refractivity contribution in [1.82, 2.24) is 15.5 Å². The molecule has 3 aliphatic heterocycles. The monoisotopic (exact) mass is 879 g/mol. The van der Waals surface area contributed by atoms with E-state index in [1.165, 1.54) is 0 Å². The largest absolute Gasteiger partial charge is 0.455 e. The van der Waals surface area contributed by atoms with Gasteiger partial charge in [-0.05, 0) is 5.56 Å². The van der Waals surface area contributed by atoms with Crippen molar-refractivity contribution in [1.29, 1.82) is 0 Å². The number of hydrogen-bond acceptors (Lipinski definition) is 21. The van der Waals surface area contributed by atoms with Crippen LogP contribution >= 0.6 is 0 Å². The number of rotatable bonds is 14. The van der Waals surface area contributed by atoms with E-state index in [1.807, 2.05) is 23.1 Å². The summed E-state index contributed by atoms with van der Waals surface area (Å²) < 4.78 is 54.3. The number of hydrogen-bond donors (Lipinski definition) is 2. The lowest BCUT2D eigenvalue weighted by Gasteiger charge is -2.43. The summed E-state index contributed by atoms with van der Waals surface area (Å²) in [5.74, 6) is -9.66. The summed E-state index contributed by atoms with van der Waals surface area (Å²) in [5, 5.41) is 5.50. The number of ether oxygens (including phenoxy) is 10. The van der Waals surface area contributed by atoms with E-state index in [-0.39, 0.29) is 13.1 Å². The molecule has 340 valence electrons. The van der Waals surface area contributed by atoms with Crippen LogP contribution in [0.15, 0.2) is 30.3 Å². The number of amides is 2. The Morgan fingerprint density at radius 2 is 0.774 bits per heavy atom. The molecule has 2 N–H and O–H groups in total. The second-order valence-electron chi connectivity index (χ2n) is 14.4. The molecule has 23 nitrogen and oxygen atoms in total. The normalized spacial score (nSPS) is 29.4. The fourth-order valence-corrected chi connectivity index (χ4v) is 7.17. The van der Waals surface area contributed by atoms with Crippen LogP contribution < -0.4 is 10.6 Å². The number of nitrogens with zero attached hydrogens (tertiary/aromatic N) is 1. The smallest absolute Gasteiger partial charge is 0.305 e. The summed E-state index contributed by atoms with van der Waals surface area (Å²) in [7, 11) is 0. The van der Waals surface area contributed by atoms with Crippen LogP contribution in [0.4, 0.5) is 0 Å². The van der Waals surface area contributed by atoms with E-state index >= 15 is 0 Å². The maximum absolute atomic E-state index is 14.4. The number of esters is 8. The lowest BCUT2D eigenvalue weighted by atomic mass is 9.96. The molecule has 3 fully saturated rings. The molecule has 1 aromatic carbocycles. The molecule has 0 unspecified atom stereocenters. The van der Waals surface area contributed by atoms with Gasteiger partial charge in [-0.2, -0.15) is 0 Å². The van der Waals surface area contributed by atoms with Crippen molar-refractivity contribution in [3.8, 4) is 0 Å². The van der Waals surface area contributed by atoms with Gasteiger partial charge in [0, 0.05) is 75.0 Å². The van der Waals surface area contributed by atoms with Crippen LogP contribution in [0.5, 0.6) is 0 Å².